The van der Waals surface area contributed by atoms with Crippen LogP contribution in [-0.4, -0.2) is 5.54 Å². The summed E-state index contributed by atoms with van der Waals surface area (Å²) in [6.07, 6.45) is 1.14. The molecule has 0 saturated carbocycles. The molecule has 1 aromatic carbocycles. The highest BCUT2D eigenvalue weighted by Gasteiger charge is 2.37. The van der Waals surface area contributed by atoms with E-state index in [1.54, 1.807) is 0 Å². The summed E-state index contributed by atoms with van der Waals surface area (Å²) in [6.45, 7) is 11.2. The summed E-state index contributed by atoms with van der Waals surface area (Å²) in [6, 6.07) is 4.31. The summed E-state index contributed by atoms with van der Waals surface area (Å²) < 4.78 is 0. The number of benzene rings is 1. The summed E-state index contributed by atoms with van der Waals surface area (Å²) >= 11 is 0. The third-order valence-corrected chi connectivity index (χ3v) is 3.49. The highest BCUT2D eigenvalue weighted by atomic mass is 15.0. The molecule has 3 N–H and O–H groups in total. The Morgan fingerprint density at radius 3 is 2.44 bits per heavy atom. The van der Waals surface area contributed by atoms with Gasteiger partial charge in [-0.3, -0.25) is 0 Å². The van der Waals surface area contributed by atoms with E-state index in [4.69, 9.17) is 5.73 Å². The van der Waals surface area contributed by atoms with E-state index < -0.39 is 0 Å². The molecule has 1 heterocycles. The molecule has 0 amide bonds. The van der Waals surface area contributed by atoms with Crippen LogP contribution >= 0.6 is 0 Å². The minimum Gasteiger partial charge on any atom is -0.398 e. The van der Waals surface area contributed by atoms with Crippen molar-refractivity contribution >= 4 is 11.4 Å². The molecule has 0 spiro atoms. The van der Waals surface area contributed by atoms with Crippen molar-refractivity contribution in [1.82, 2.24) is 0 Å². The number of hydrogen-bond acceptors (Lipinski definition) is 2. The van der Waals surface area contributed by atoms with E-state index in [9.17, 15) is 0 Å². The number of rotatable bonds is 0. The first-order valence-electron chi connectivity index (χ1n) is 5.90. The molecule has 16 heavy (non-hydrogen) atoms. The molecule has 0 fully saturated rings. The van der Waals surface area contributed by atoms with Crippen LogP contribution in [0.25, 0.3) is 0 Å². The Morgan fingerprint density at radius 1 is 1.19 bits per heavy atom. The lowest BCUT2D eigenvalue weighted by molar-refractivity contribution is 0.355. The number of fused-ring (bicyclic) bond motifs is 1. The summed E-state index contributed by atoms with van der Waals surface area (Å²) in [7, 11) is 0. The van der Waals surface area contributed by atoms with E-state index in [-0.39, 0.29) is 11.0 Å². The fraction of sp³-hybridized carbons (Fsp3) is 0.571. The smallest absolute Gasteiger partial charge is 0.0403 e. The lowest BCUT2D eigenvalue weighted by Crippen LogP contribution is -2.43. The van der Waals surface area contributed by atoms with Crippen molar-refractivity contribution in [2.45, 2.75) is 52.0 Å². The van der Waals surface area contributed by atoms with Crippen LogP contribution in [0.15, 0.2) is 12.1 Å². The second-order valence-electron chi connectivity index (χ2n) is 6.32. The molecular weight excluding hydrogens is 196 g/mol. The van der Waals surface area contributed by atoms with Crippen molar-refractivity contribution in [3.8, 4) is 0 Å². The van der Waals surface area contributed by atoms with E-state index >= 15 is 0 Å². The molecule has 0 saturated heterocycles. The Kier molecular flexibility index (Phi) is 2.23. The van der Waals surface area contributed by atoms with E-state index in [0.29, 0.717) is 0 Å². The fourth-order valence-electron chi connectivity index (χ4n) is 3.00. The van der Waals surface area contributed by atoms with Gasteiger partial charge in [-0.05, 0) is 49.8 Å². The average Bonchev–Trinajstić information content (AvgIpc) is 2.06. The minimum absolute atomic E-state index is 0.137. The fourth-order valence-corrected chi connectivity index (χ4v) is 3.00. The number of anilines is 2. The first-order chi connectivity index (χ1) is 7.21. The van der Waals surface area contributed by atoms with Crippen molar-refractivity contribution in [2.75, 3.05) is 11.1 Å². The van der Waals surface area contributed by atoms with Crippen molar-refractivity contribution in [2.24, 2.45) is 0 Å². The molecular formula is C14H22N2. The van der Waals surface area contributed by atoms with Gasteiger partial charge in [-0.1, -0.05) is 19.9 Å². The zero-order chi connectivity index (χ0) is 12.1. The third kappa shape index (κ3) is 1.77. The summed E-state index contributed by atoms with van der Waals surface area (Å²) in [5.41, 5.74) is 11.0. The molecule has 0 aromatic heterocycles. The second-order valence-corrected chi connectivity index (χ2v) is 6.32. The monoisotopic (exact) mass is 218 g/mol. The number of hydrogen-bond donors (Lipinski definition) is 2. The van der Waals surface area contributed by atoms with E-state index in [1.807, 2.05) is 0 Å². The molecule has 2 nitrogen and oxygen atoms in total. The largest absolute Gasteiger partial charge is 0.398 e. The van der Waals surface area contributed by atoms with Gasteiger partial charge in [-0.15, -0.1) is 0 Å². The van der Waals surface area contributed by atoms with Crippen molar-refractivity contribution in [3.63, 3.8) is 0 Å². The summed E-state index contributed by atoms with van der Waals surface area (Å²) in [4.78, 5) is 0. The first kappa shape index (κ1) is 11.3. The first-order valence-corrected chi connectivity index (χ1v) is 5.90. The number of nitrogen functional groups attached to an aromatic ring is 1. The maximum atomic E-state index is 5.98. The van der Waals surface area contributed by atoms with Gasteiger partial charge in [0.25, 0.3) is 0 Å². The van der Waals surface area contributed by atoms with E-state index in [0.717, 1.165) is 12.1 Å². The predicted octanol–water partition coefficient (Wildman–Crippen LogP) is 3.45. The van der Waals surface area contributed by atoms with Gasteiger partial charge in [-0.25, -0.2) is 0 Å². The van der Waals surface area contributed by atoms with Crippen LogP contribution in [0.1, 0.15) is 45.2 Å². The number of nitrogens with two attached hydrogens (primary N) is 1. The SMILES string of the molecule is Cc1cc2c(cc1N)NC(C)(C)CC2(C)C. The molecule has 0 bridgehead atoms. The molecule has 88 valence electrons. The highest BCUT2D eigenvalue weighted by molar-refractivity contribution is 5.67. The Bertz CT molecular complexity index is 431. The Balaban J connectivity index is 2.60. The zero-order valence-corrected chi connectivity index (χ0v) is 10.9. The zero-order valence-electron chi connectivity index (χ0n) is 10.9. The van der Waals surface area contributed by atoms with Gasteiger partial charge in [-0.2, -0.15) is 0 Å². The topological polar surface area (TPSA) is 38.0 Å². The molecule has 0 atom stereocenters. The van der Waals surface area contributed by atoms with Gasteiger partial charge < -0.3 is 11.1 Å². The Hall–Kier alpha value is -1.18. The molecule has 1 aromatic rings. The molecule has 2 heteroatoms. The van der Waals surface area contributed by atoms with Crippen molar-refractivity contribution < 1.29 is 0 Å². The average molecular weight is 218 g/mol. The van der Waals surface area contributed by atoms with E-state index in [2.05, 4.69) is 52.1 Å². The molecule has 0 aliphatic carbocycles. The van der Waals surface area contributed by atoms with Crippen molar-refractivity contribution in [3.05, 3.63) is 23.3 Å². The summed E-state index contributed by atoms with van der Waals surface area (Å²) in [5.74, 6) is 0. The third-order valence-electron chi connectivity index (χ3n) is 3.49. The summed E-state index contributed by atoms with van der Waals surface area (Å²) in [5, 5.41) is 3.58. The van der Waals surface area contributed by atoms with Crippen molar-refractivity contribution in [1.29, 1.82) is 0 Å². The van der Waals surface area contributed by atoms with Gasteiger partial charge in [0.15, 0.2) is 0 Å². The second kappa shape index (κ2) is 3.16. The molecule has 1 aliphatic heterocycles. The van der Waals surface area contributed by atoms with Crippen LogP contribution in [0.3, 0.4) is 0 Å². The van der Waals surface area contributed by atoms with Gasteiger partial charge in [0.2, 0.25) is 0 Å². The Morgan fingerprint density at radius 2 is 1.81 bits per heavy atom. The van der Waals surface area contributed by atoms with Gasteiger partial charge in [0.1, 0.15) is 0 Å². The maximum absolute atomic E-state index is 5.98. The quantitative estimate of drug-likeness (QED) is 0.655. The highest BCUT2D eigenvalue weighted by Crippen LogP contribution is 2.44. The van der Waals surface area contributed by atoms with Crippen LogP contribution in [-0.2, 0) is 5.41 Å². The Labute approximate surface area is 98.2 Å². The maximum Gasteiger partial charge on any atom is 0.0403 e. The van der Waals surface area contributed by atoms with Crippen LogP contribution in [0.4, 0.5) is 11.4 Å². The van der Waals surface area contributed by atoms with E-state index in [1.165, 1.54) is 16.8 Å². The van der Waals surface area contributed by atoms with Crippen LogP contribution in [0.5, 0.6) is 0 Å². The lowest BCUT2D eigenvalue weighted by Gasteiger charge is -2.44. The number of aryl methyl sites for hydroxylation is 1. The van der Waals surface area contributed by atoms with Crippen LogP contribution < -0.4 is 11.1 Å². The van der Waals surface area contributed by atoms with Crippen LogP contribution in [0, 0.1) is 6.92 Å². The molecule has 0 radical (unpaired) electrons. The molecule has 1 aliphatic rings. The van der Waals surface area contributed by atoms with Crippen LogP contribution in [0.2, 0.25) is 0 Å². The molecule has 2 rings (SSSR count). The standard InChI is InChI=1S/C14H22N2/c1-9-6-10-12(7-11(9)15)16-14(4,5)8-13(10,2)3/h6-7,16H,8,15H2,1-5H3. The van der Waals surface area contributed by atoms with Gasteiger partial charge >= 0.3 is 0 Å². The minimum atomic E-state index is 0.137. The lowest BCUT2D eigenvalue weighted by atomic mass is 9.71. The predicted molar refractivity (Wildman–Crippen MR) is 70.9 cm³/mol. The van der Waals surface area contributed by atoms with Gasteiger partial charge in [0, 0.05) is 16.9 Å². The molecule has 0 unspecified atom stereocenters. The normalized spacial score (nSPS) is 21.1. The van der Waals surface area contributed by atoms with Gasteiger partial charge in [0.05, 0.1) is 0 Å². The number of nitrogens with one attached hydrogen (secondary N) is 1.